The van der Waals surface area contributed by atoms with Crippen molar-refractivity contribution in [3.8, 4) is 17.2 Å². The molecule has 0 heterocycles. The molecule has 9 heteroatoms. The highest BCUT2D eigenvalue weighted by molar-refractivity contribution is 5.73. The molecule has 0 aliphatic carbocycles. The predicted molar refractivity (Wildman–Crippen MR) is 203 cm³/mol. The van der Waals surface area contributed by atoms with Crippen LogP contribution in [0, 0.1) is 41.5 Å². The monoisotopic (exact) mass is 718 g/mol. The number of carbonyl (C=O) groups excluding carboxylic acids is 3. The summed E-state index contributed by atoms with van der Waals surface area (Å²) in [6.07, 6.45) is 0. The van der Waals surface area contributed by atoms with E-state index in [2.05, 4.69) is 12.1 Å². The first kappa shape index (κ1) is 41.9. The highest BCUT2D eigenvalue weighted by Gasteiger charge is 2.29. The van der Waals surface area contributed by atoms with Gasteiger partial charge in [0.25, 0.3) is 0 Å². The summed E-state index contributed by atoms with van der Waals surface area (Å²) < 4.78 is 34.8. The van der Waals surface area contributed by atoms with Crippen LogP contribution in [0.5, 0.6) is 17.2 Å². The Balaban J connectivity index is 2.19. The molecule has 0 saturated carbocycles. The molecule has 0 aromatic heterocycles. The number of esters is 3. The molecular weight excluding hydrogens is 660 g/mol. The molecule has 0 unspecified atom stereocenters. The maximum absolute atomic E-state index is 12.7. The van der Waals surface area contributed by atoms with E-state index in [4.69, 9.17) is 28.4 Å². The summed E-state index contributed by atoms with van der Waals surface area (Å²) >= 11 is 0. The van der Waals surface area contributed by atoms with Gasteiger partial charge in [-0.2, -0.15) is 0 Å². The second-order valence-corrected chi connectivity index (χ2v) is 16.3. The topological polar surface area (TPSA) is 107 Å². The minimum Gasteiger partial charge on any atom is -0.482 e. The number of ether oxygens (including phenoxy) is 6. The molecule has 0 aliphatic heterocycles. The second-order valence-electron chi connectivity index (χ2n) is 16.3. The van der Waals surface area contributed by atoms with E-state index in [0.29, 0.717) is 17.2 Å². The Labute approximate surface area is 310 Å². The molecule has 3 aromatic carbocycles. The molecule has 0 saturated heterocycles. The van der Waals surface area contributed by atoms with E-state index in [9.17, 15) is 14.4 Å². The van der Waals surface area contributed by atoms with Gasteiger partial charge in [0.2, 0.25) is 0 Å². The average Bonchev–Trinajstić information content (AvgIpc) is 2.98. The summed E-state index contributed by atoms with van der Waals surface area (Å²) in [5, 5.41) is 0. The van der Waals surface area contributed by atoms with E-state index < -0.39 is 34.7 Å². The first-order valence-electron chi connectivity index (χ1n) is 17.7. The number of para-hydroxylation sites is 1. The Morgan fingerprint density at radius 1 is 0.500 bits per heavy atom. The fourth-order valence-electron chi connectivity index (χ4n) is 6.09. The van der Waals surface area contributed by atoms with E-state index in [1.807, 2.05) is 128 Å². The van der Waals surface area contributed by atoms with Gasteiger partial charge >= 0.3 is 17.9 Å². The maximum Gasteiger partial charge on any atom is 0.344 e. The van der Waals surface area contributed by atoms with Crippen LogP contribution >= 0.6 is 0 Å². The van der Waals surface area contributed by atoms with E-state index >= 15 is 0 Å². The van der Waals surface area contributed by atoms with Crippen molar-refractivity contribution >= 4 is 17.9 Å². The summed E-state index contributed by atoms with van der Waals surface area (Å²) in [7, 11) is 0. The molecule has 0 aliphatic rings. The fraction of sp³-hybridized carbons (Fsp3) is 0.512. The number of benzene rings is 3. The van der Waals surface area contributed by atoms with Crippen LogP contribution in [0.15, 0.2) is 36.4 Å². The average molecular weight is 719 g/mol. The molecule has 0 bridgehead atoms. The molecule has 9 nitrogen and oxygen atoms in total. The number of rotatable bonds is 12. The minimum absolute atomic E-state index is 0.218. The highest BCUT2D eigenvalue weighted by atomic mass is 16.6. The summed E-state index contributed by atoms with van der Waals surface area (Å²) in [5.74, 6) is 0.0610. The predicted octanol–water partition coefficient (Wildman–Crippen LogP) is 8.88. The molecular formula is C43H58O9. The Kier molecular flexibility index (Phi) is 13.2. The van der Waals surface area contributed by atoms with E-state index in [1.54, 1.807) is 0 Å². The lowest BCUT2D eigenvalue weighted by Crippen LogP contribution is -2.27. The SMILES string of the molecule is Cc1cc(C(c2ccccc2OCC(=O)OC(C)(C)C)c2cc(C)c(OCC(=O)OC(C)(C)C)c(C)c2C)c(C)c(C)c1OCC(=O)OC(C)(C)C. The Morgan fingerprint density at radius 2 is 0.846 bits per heavy atom. The van der Waals surface area contributed by atoms with Gasteiger partial charge in [0, 0.05) is 11.5 Å². The third-order valence-corrected chi connectivity index (χ3v) is 8.26. The van der Waals surface area contributed by atoms with Crippen molar-refractivity contribution in [2.45, 2.75) is 127 Å². The second kappa shape index (κ2) is 16.4. The Hall–Kier alpha value is -4.53. The van der Waals surface area contributed by atoms with Crippen LogP contribution in [0.3, 0.4) is 0 Å². The summed E-state index contributed by atoms with van der Waals surface area (Å²) in [6, 6.07) is 11.8. The van der Waals surface area contributed by atoms with Crippen molar-refractivity contribution in [3.05, 3.63) is 86.5 Å². The first-order chi connectivity index (χ1) is 23.9. The first-order valence-corrected chi connectivity index (χ1v) is 17.7. The van der Waals surface area contributed by atoms with Gasteiger partial charge < -0.3 is 28.4 Å². The van der Waals surface area contributed by atoms with Crippen molar-refractivity contribution in [2.75, 3.05) is 19.8 Å². The van der Waals surface area contributed by atoms with Gasteiger partial charge in [-0.25, -0.2) is 14.4 Å². The van der Waals surface area contributed by atoms with Crippen molar-refractivity contribution < 1.29 is 42.8 Å². The van der Waals surface area contributed by atoms with Gasteiger partial charge in [0.15, 0.2) is 19.8 Å². The van der Waals surface area contributed by atoms with Gasteiger partial charge in [-0.1, -0.05) is 30.3 Å². The van der Waals surface area contributed by atoms with Crippen LogP contribution in [0.2, 0.25) is 0 Å². The molecule has 52 heavy (non-hydrogen) atoms. The number of hydrogen-bond donors (Lipinski definition) is 0. The zero-order chi connectivity index (χ0) is 39.3. The zero-order valence-corrected chi connectivity index (χ0v) is 33.8. The highest BCUT2D eigenvalue weighted by Crippen LogP contribution is 2.45. The van der Waals surface area contributed by atoms with Crippen LogP contribution in [0.25, 0.3) is 0 Å². The van der Waals surface area contributed by atoms with Crippen molar-refractivity contribution in [1.82, 2.24) is 0 Å². The quantitative estimate of drug-likeness (QED) is 0.103. The normalized spacial score (nSPS) is 12.0. The van der Waals surface area contributed by atoms with Crippen LogP contribution < -0.4 is 14.2 Å². The summed E-state index contributed by atoms with van der Waals surface area (Å²) in [5.41, 5.74) is 6.36. The molecule has 3 rings (SSSR count). The molecule has 0 atom stereocenters. The third kappa shape index (κ3) is 11.5. The molecule has 0 fully saturated rings. The fourth-order valence-corrected chi connectivity index (χ4v) is 6.09. The lowest BCUT2D eigenvalue weighted by molar-refractivity contribution is -0.158. The van der Waals surface area contributed by atoms with Crippen molar-refractivity contribution in [3.63, 3.8) is 0 Å². The van der Waals surface area contributed by atoms with Crippen LogP contribution in [-0.2, 0) is 28.6 Å². The van der Waals surface area contributed by atoms with Crippen LogP contribution in [0.1, 0.15) is 118 Å². The maximum atomic E-state index is 12.7. The zero-order valence-electron chi connectivity index (χ0n) is 33.8. The summed E-state index contributed by atoms with van der Waals surface area (Å²) in [4.78, 5) is 37.9. The number of hydrogen-bond acceptors (Lipinski definition) is 9. The van der Waals surface area contributed by atoms with Crippen molar-refractivity contribution in [1.29, 1.82) is 0 Å². The molecule has 0 radical (unpaired) electrons. The lowest BCUT2D eigenvalue weighted by atomic mass is 9.78. The standard InChI is InChI=1S/C43H58O9/c1-25-20-32(27(3)29(5)39(25)48-23-36(45)51-42(10,11)12)38(31-18-16-17-19-34(31)47-22-35(44)50-41(7,8)9)33-21-26(2)40(30(6)28(33)4)49-24-37(46)52-43(13,14)15/h16-21,38H,22-24H2,1-15H3. The van der Waals surface area contributed by atoms with Crippen LogP contribution in [0.4, 0.5) is 0 Å². The molecule has 0 N–H and O–H groups in total. The minimum atomic E-state index is -0.651. The largest absolute Gasteiger partial charge is 0.482 e. The van der Waals surface area contributed by atoms with Gasteiger partial charge in [-0.15, -0.1) is 0 Å². The molecule has 3 aromatic rings. The lowest BCUT2D eigenvalue weighted by Gasteiger charge is -2.29. The van der Waals surface area contributed by atoms with E-state index in [-0.39, 0.29) is 25.7 Å². The van der Waals surface area contributed by atoms with Gasteiger partial charge in [0.1, 0.15) is 34.1 Å². The number of carbonyl (C=O) groups is 3. The molecule has 0 spiro atoms. The summed E-state index contributed by atoms with van der Waals surface area (Å²) in [6.45, 7) is 27.6. The van der Waals surface area contributed by atoms with E-state index in [0.717, 1.165) is 50.1 Å². The number of aryl methyl sites for hydroxylation is 2. The molecule has 284 valence electrons. The third-order valence-electron chi connectivity index (χ3n) is 8.26. The smallest absolute Gasteiger partial charge is 0.344 e. The van der Waals surface area contributed by atoms with Crippen molar-refractivity contribution in [2.24, 2.45) is 0 Å². The molecule has 0 amide bonds. The van der Waals surface area contributed by atoms with Crippen LogP contribution in [-0.4, -0.2) is 54.5 Å². The Morgan fingerprint density at radius 3 is 1.21 bits per heavy atom. The Bertz CT molecular complexity index is 1690. The van der Waals surface area contributed by atoms with Gasteiger partial charge in [-0.3, -0.25) is 0 Å². The van der Waals surface area contributed by atoms with E-state index in [1.165, 1.54) is 0 Å². The van der Waals surface area contributed by atoms with Gasteiger partial charge in [-0.05, 0) is 154 Å². The van der Waals surface area contributed by atoms with Gasteiger partial charge in [0.05, 0.1) is 0 Å².